The van der Waals surface area contributed by atoms with E-state index in [4.69, 9.17) is 0 Å². The number of halogens is 1. The number of piperidine rings is 1. The van der Waals surface area contributed by atoms with E-state index in [1.54, 1.807) is 12.1 Å². The van der Waals surface area contributed by atoms with Gasteiger partial charge in [0.05, 0.1) is 0 Å². The molecule has 3 nitrogen and oxygen atoms in total. The van der Waals surface area contributed by atoms with Gasteiger partial charge in [0.2, 0.25) is 0 Å². The monoisotopic (exact) mass is 380 g/mol. The number of amides is 1. The van der Waals surface area contributed by atoms with Crippen LogP contribution in [0, 0.1) is 18.7 Å². The molecule has 0 radical (unpaired) electrons. The Morgan fingerprint density at radius 1 is 0.964 bits per heavy atom. The summed E-state index contributed by atoms with van der Waals surface area (Å²) in [7, 11) is 0. The Morgan fingerprint density at radius 2 is 1.64 bits per heavy atom. The number of benzene rings is 2. The Morgan fingerprint density at radius 3 is 2.32 bits per heavy atom. The second-order valence-corrected chi connectivity index (χ2v) is 8.36. The number of hydrogen-bond acceptors (Lipinski definition) is 2. The molecule has 28 heavy (non-hydrogen) atoms. The first kappa shape index (κ1) is 19.1. The van der Waals surface area contributed by atoms with E-state index in [1.807, 2.05) is 4.90 Å². The van der Waals surface area contributed by atoms with Crippen molar-refractivity contribution in [1.82, 2.24) is 9.80 Å². The van der Waals surface area contributed by atoms with E-state index in [-0.39, 0.29) is 11.7 Å². The van der Waals surface area contributed by atoms with E-state index < -0.39 is 0 Å². The predicted octanol–water partition coefficient (Wildman–Crippen LogP) is 4.48. The Bertz CT molecular complexity index is 796. The molecule has 0 aliphatic carbocycles. The quantitative estimate of drug-likeness (QED) is 0.781. The molecule has 2 saturated heterocycles. The number of nitrogens with zero attached hydrogens (tertiary/aromatic N) is 2. The van der Waals surface area contributed by atoms with Gasteiger partial charge in [-0.25, -0.2) is 4.39 Å². The minimum Gasteiger partial charge on any atom is -0.338 e. The normalized spacial score (nSPS) is 23.1. The number of carbonyl (C=O) groups excluding carboxylic acids is 1. The third kappa shape index (κ3) is 4.27. The molecule has 2 aliphatic rings. The van der Waals surface area contributed by atoms with Crippen LogP contribution in [0.25, 0.3) is 0 Å². The number of hydrogen-bond donors (Lipinski definition) is 0. The average molecular weight is 381 g/mol. The first-order valence-electron chi connectivity index (χ1n) is 10.4. The predicted molar refractivity (Wildman–Crippen MR) is 110 cm³/mol. The maximum absolute atomic E-state index is 13.2. The lowest BCUT2D eigenvalue weighted by molar-refractivity contribution is 0.0781. The molecule has 0 bridgehead atoms. The molecule has 2 aliphatic heterocycles. The average Bonchev–Trinajstić information content (AvgIpc) is 3.13. The molecule has 1 amide bonds. The lowest BCUT2D eigenvalue weighted by Gasteiger charge is -2.31. The molecule has 4 heteroatoms. The van der Waals surface area contributed by atoms with Gasteiger partial charge in [-0.05, 0) is 68.6 Å². The fraction of sp³-hybridized carbons (Fsp3) is 0.458. The number of aryl methyl sites for hydroxylation is 1. The SMILES string of the molecule is Cc1ccc([C@@H]2CN(C(=O)c3ccc(F)cc3)C[C@@H]2CN2CCCCC2)cc1. The maximum atomic E-state index is 13.2. The van der Waals surface area contributed by atoms with Gasteiger partial charge in [0, 0.05) is 31.1 Å². The van der Waals surface area contributed by atoms with E-state index in [2.05, 4.69) is 36.1 Å². The molecule has 4 rings (SSSR count). The fourth-order valence-electron chi connectivity index (χ4n) is 4.66. The molecule has 0 aromatic heterocycles. The number of rotatable bonds is 4. The van der Waals surface area contributed by atoms with Crippen LogP contribution in [-0.4, -0.2) is 48.4 Å². The van der Waals surface area contributed by atoms with Crippen molar-refractivity contribution in [1.29, 1.82) is 0 Å². The molecule has 148 valence electrons. The van der Waals surface area contributed by atoms with Gasteiger partial charge >= 0.3 is 0 Å². The van der Waals surface area contributed by atoms with Crippen molar-refractivity contribution in [2.45, 2.75) is 32.1 Å². The van der Waals surface area contributed by atoms with Gasteiger partial charge in [0.1, 0.15) is 5.82 Å². The van der Waals surface area contributed by atoms with Gasteiger partial charge in [0.25, 0.3) is 5.91 Å². The number of carbonyl (C=O) groups is 1. The second kappa shape index (κ2) is 8.44. The van der Waals surface area contributed by atoms with Crippen molar-refractivity contribution >= 4 is 5.91 Å². The summed E-state index contributed by atoms with van der Waals surface area (Å²) in [6, 6.07) is 14.7. The van der Waals surface area contributed by atoms with Gasteiger partial charge < -0.3 is 9.80 Å². The molecule has 0 spiro atoms. The van der Waals surface area contributed by atoms with Gasteiger partial charge in [-0.2, -0.15) is 0 Å². The Kier molecular flexibility index (Phi) is 5.77. The molecular formula is C24H29FN2O. The minimum atomic E-state index is -0.307. The van der Waals surface area contributed by atoms with Gasteiger partial charge in [0.15, 0.2) is 0 Å². The van der Waals surface area contributed by atoms with Crippen LogP contribution in [0.4, 0.5) is 4.39 Å². The molecular weight excluding hydrogens is 351 g/mol. The highest BCUT2D eigenvalue weighted by Crippen LogP contribution is 2.34. The minimum absolute atomic E-state index is 0.0123. The van der Waals surface area contributed by atoms with Crippen molar-refractivity contribution in [3.63, 3.8) is 0 Å². The van der Waals surface area contributed by atoms with E-state index >= 15 is 0 Å². The zero-order chi connectivity index (χ0) is 19.5. The lowest BCUT2D eigenvalue weighted by Crippen LogP contribution is -2.36. The van der Waals surface area contributed by atoms with Crippen LogP contribution in [0.5, 0.6) is 0 Å². The summed E-state index contributed by atoms with van der Waals surface area (Å²) in [5.74, 6) is 0.494. The fourth-order valence-corrected chi connectivity index (χ4v) is 4.66. The lowest BCUT2D eigenvalue weighted by atomic mass is 9.88. The van der Waals surface area contributed by atoms with Crippen molar-refractivity contribution in [3.05, 3.63) is 71.0 Å². The Hall–Kier alpha value is -2.20. The Labute approximate surface area is 167 Å². The molecule has 0 unspecified atom stereocenters. The summed E-state index contributed by atoms with van der Waals surface area (Å²) < 4.78 is 13.2. The largest absolute Gasteiger partial charge is 0.338 e. The van der Waals surface area contributed by atoms with Crippen molar-refractivity contribution in [2.75, 3.05) is 32.7 Å². The van der Waals surface area contributed by atoms with Crippen LogP contribution >= 0.6 is 0 Å². The summed E-state index contributed by atoms with van der Waals surface area (Å²) in [5.41, 5.74) is 3.15. The molecule has 2 heterocycles. The molecule has 2 aromatic carbocycles. The van der Waals surface area contributed by atoms with Crippen LogP contribution in [0.15, 0.2) is 48.5 Å². The summed E-state index contributed by atoms with van der Waals surface area (Å²) in [5, 5.41) is 0. The highest BCUT2D eigenvalue weighted by molar-refractivity contribution is 5.94. The topological polar surface area (TPSA) is 23.6 Å². The molecule has 2 aromatic rings. The van der Waals surface area contributed by atoms with Crippen LogP contribution in [-0.2, 0) is 0 Å². The van der Waals surface area contributed by atoms with Gasteiger partial charge in [-0.15, -0.1) is 0 Å². The van der Waals surface area contributed by atoms with Crippen LogP contribution in [0.1, 0.15) is 46.7 Å². The van der Waals surface area contributed by atoms with Gasteiger partial charge in [-0.3, -0.25) is 4.79 Å². The highest BCUT2D eigenvalue weighted by atomic mass is 19.1. The maximum Gasteiger partial charge on any atom is 0.253 e. The highest BCUT2D eigenvalue weighted by Gasteiger charge is 2.37. The summed E-state index contributed by atoms with van der Waals surface area (Å²) >= 11 is 0. The van der Waals surface area contributed by atoms with Crippen LogP contribution in [0.2, 0.25) is 0 Å². The van der Waals surface area contributed by atoms with Crippen molar-refractivity contribution < 1.29 is 9.18 Å². The Balaban J connectivity index is 1.54. The number of likely N-dealkylation sites (tertiary alicyclic amines) is 2. The molecule has 2 fully saturated rings. The molecule has 2 atom stereocenters. The van der Waals surface area contributed by atoms with E-state index in [0.29, 0.717) is 17.4 Å². The smallest absolute Gasteiger partial charge is 0.253 e. The zero-order valence-electron chi connectivity index (χ0n) is 16.6. The van der Waals surface area contributed by atoms with Crippen molar-refractivity contribution in [2.24, 2.45) is 5.92 Å². The standard InChI is InChI=1S/C24H29FN2O/c1-18-5-7-19(8-6-18)23-17-27(24(28)20-9-11-22(25)12-10-20)16-21(23)15-26-13-3-2-4-14-26/h5-12,21,23H,2-4,13-17H2,1H3/t21-,23-/m0/s1. The van der Waals surface area contributed by atoms with E-state index in [0.717, 1.165) is 19.6 Å². The second-order valence-electron chi connectivity index (χ2n) is 8.36. The van der Waals surface area contributed by atoms with Gasteiger partial charge in [-0.1, -0.05) is 36.2 Å². The van der Waals surface area contributed by atoms with E-state index in [9.17, 15) is 9.18 Å². The van der Waals surface area contributed by atoms with Crippen LogP contribution in [0.3, 0.4) is 0 Å². The van der Waals surface area contributed by atoms with Crippen molar-refractivity contribution in [3.8, 4) is 0 Å². The zero-order valence-corrected chi connectivity index (χ0v) is 16.6. The third-order valence-electron chi connectivity index (χ3n) is 6.27. The summed E-state index contributed by atoms with van der Waals surface area (Å²) in [4.78, 5) is 17.6. The first-order chi connectivity index (χ1) is 13.6. The first-order valence-corrected chi connectivity index (χ1v) is 10.4. The van der Waals surface area contributed by atoms with Crippen LogP contribution < -0.4 is 0 Å². The summed E-state index contributed by atoms with van der Waals surface area (Å²) in [6.45, 7) is 6.99. The third-order valence-corrected chi connectivity index (χ3v) is 6.27. The molecule has 0 N–H and O–H groups in total. The van der Waals surface area contributed by atoms with E-state index in [1.165, 1.54) is 55.6 Å². The molecule has 0 saturated carbocycles. The summed E-state index contributed by atoms with van der Waals surface area (Å²) in [6.07, 6.45) is 3.89.